The summed E-state index contributed by atoms with van der Waals surface area (Å²) in [6, 6.07) is 8.15. The molecule has 1 aromatic carbocycles. The first kappa shape index (κ1) is 24.0. The van der Waals surface area contributed by atoms with Gasteiger partial charge in [-0.2, -0.15) is 5.26 Å². The molecule has 0 aromatic heterocycles. The molecule has 31 heavy (non-hydrogen) atoms. The first-order chi connectivity index (χ1) is 14.9. The number of hydrogen-bond acceptors (Lipinski definition) is 8. The number of methoxy groups -OCH3 is 2. The minimum absolute atomic E-state index is 0.00230. The van der Waals surface area contributed by atoms with Gasteiger partial charge in [0.1, 0.15) is 5.92 Å². The molecular formula is C21H23N3O6S. The van der Waals surface area contributed by atoms with E-state index >= 15 is 0 Å². The molecular weight excluding hydrogens is 422 g/mol. The molecule has 0 bridgehead atoms. The van der Waals surface area contributed by atoms with E-state index in [-0.39, 0.29) is 27.8 Å². The summed E-state index contributed by atoms with van der Waals surface area (Å²) in [5.41, 5.74) is 0.892. The molecule has 2 rings (SSSR count). The first-order valence-corrected chi connectivity index (χ1v) is 10.5. The van der Waals surface area contributed by atoms with Gasteiger partial charge in [0, 0.05) is 12.5 Å². The van der Waals surface area contributed by atoms with Crippen molar-refractivity contribution < 1.29 is 28.7 Å². The molecule has 1 aliphatic rings. The second-order valence-electron chi connectivity index (χ2n) is 6.57. The van der Waals surface area contributed by atoms with E-state index in [1.165, 1.54) is 19.2 Å². The molecule has 0 unspecified atom stereocenters. The Balaban J connectivity index is 2.45. The van der Waals surface area contributed by atoms with Crippen molar-refractivity contribution in [2.45, 2.75) is 19.3 Å². The van der Waals surface area contributed by atoms with E-state index in [1.54, 1.807) is 12.1 Å². The van der Waals surface area contributed by atoms with Crippen molar-refractivity contribution in [2.24, 2.45) is 5.92 Å². The summed E-state index contributed by atoms with van der Waals surface area (Å²) in [4.78, 5) is 48.8. The summed E-state index contributed by atoms with van der Waals surface area (Å²) in [6.45, 7) is 2.45. The lowest BCUT2D eigenvalue weighted by molar-refractivity contribution is -0.150. The van der Waals surface area contributed by atoms with Crippen LogP contribution in [0.3, 0.4) is 0 Å². The van der Waals surface area contributed by atoms with Gasteiger partial charge < -0.3 is 20.1 Å². The molecule has 9 nitrogen and oxygen atoms in total. The van der Waals surface area contributed by atoms with Crippen molar-refractivity contribution in [3.05, 3.63) is 46.0 Å². The summed E-state index contributed by atoms with van der Waals surface area (Å²) in [6.07, 6.45) is 0.781. The number of nitrogens with zero attached hydrogens (tertiary/aromatic N) is 1. The average molecular weight is 445 g/mol. The normalized spacial score (nSPS) is 17.9. The molecule has 2 atom stereocenters. The third kappa shape index (κ3) is 5.64. The Bertz CT molecular complexity index is 935. The van der Waals surface area contributed by atoms with Crippen molar-refractivity contribution in [1.29, 1.82) is 5.26 Å². The monoisotopic (exact) mass is 445 g/mol. The van der Waals surface area contributed by atoms with Gasteiger partial charge in [-0.15, -0.1) is 0 Å². The van der Waals surface area contributed by atoms with Crippen molar-refractivity contribution in [3.63, 3.8) is 0 Å². The predicted molar refractivity (Wildman–Crippen MR) is 113 cm³/mol. The number of benzene rings is 1. The fraction of sp³-hybridized carbons (Fsp3) is 0.381. The maximum atomic E-state index is 12.7. The molecule has 0 aliphatic carbocycles. The molecule has 1 aromatic rings. The maximum Gasteiger partial charge on any atom is 0.337 e. The van der Waals surface area contributed by atoms with Gasteiger partial charge in [0.15, 0.2) is 0 Å². The van der Waals surface area contributed by atoms with E-state index in [1.807, 2.05) is 6.92 Å². The molecule has 0 saturated heterocycles. The van der Waals surface area contributed by atoms with Gasteiger partial charge in [0.05, 0.1) is 42.2 Å². The molecule has 0 fully saturated rings. The molecule has 1 aliphatic heterocycles. The van der Waals surface area contributed by atoms with Gasteiger partial charge in [0.2, 0.25) is 11.8 Å². The lowest BCUT2D eigenvalue weighted by Gasteiger charge is -2.31. The van der Waals surface area contributed by atoms with E-state index in [0.29, 0.717) is 12.1 Å². The summed E-state index contributed by atoms with van der Waals surface area (Å²) in [7, 11) is 2.41. The first-order valence-electron chi connectivity index (χ1n) is 9.48. The molecule has 0 saturated carbocycles. The van der Waals surface area contributed by atoms with Crippen molar-refractivity contribution in [3.8, 4) is 6.07 Å². The number of amides is 2. The molecule has 164 valence electrons. The Labute approximate surface area is 184 Å². The number of hydrogen-bond donors (Lipinski definition) is 2. The van der Waals surface area contributed by atoms with E-state index in [4.69, 9.17) is 4.74 Å². The average Bonchev–Trinajstić information content (AvgIpc) is 2.79. The summed E-state index contributed by atoms with van der Waals surface area (Å²) in [5, 5.41) is 15.3. The van der Waals surface area contributed by atoms with Gasteiger partial charge in [-0.1, -0.05) is 30.8 Å². The topological polar surface area (TPSA) is 135 Å². The number of carbonyl (C=O) groups excluding carboxylic acids is 4. The van der Waals surface area contributed by atoms with Crippen molar-refractivity contribution in [1.82, 2.24) is 10.6 Å². The third-order valence-electron chi connectivity index (χ3n) is 4.59. The molecule has 0 spiro atoms. The highest BCUT2D eigenvalue weighted by Gasteiger charge is 2.44. The smallest absolute Gasteiger partial charge is 0.337 e. The Morgan fingerprint density at radius 2 is 1.87 bits per heavy atom. The third-order valence-corrected chi connectivity index (χ3v) is 5.61. The van der Waals surface area contributed by atoms with Crippen LogP contribution in [0.25, 0.3) is 0 Å². The molecule has 0 radical (unpaired) electrons. The molecule has 2 N–H and O–H groups in total. The number of carbonyl (C=O) groups is 4. The molecule has 1 heterocycles. The number of allylic oxidation sites excluding steroid dienone is 1. The van der Waals surface area contributed by atoms with E-state index in [2.05, 4.69) is 21.4 Å². The van der Waals surface area contributed by atoms with E-state index in [0.717, 1.165) is 25.3 Å². The van der Waals surface area contributed by atoms with Gasteiger partial charge >= 0.3 is 11.9 Å². The zero-order valence-electron chi connectivity index (χ0n) is 17.4. The van der Waals surface area contributed by atoms with Crippen LogP contribution < -0.4 is 10.6 Å². The van der Waals surface area contributed by atoms with Gasteiger partial charge in [-0.25, -0.2) is 4.79 Å². The highest BCUT2D eigenvalue weighted by atomic mass is 32.2. The maximum absolute atomic E-state index is 12.7. The zero-order chi connectivity index (χ0) is 23.0. The Hall–Kier alpha value is -3.32. The van der Waals surface area contributed by atoms with Crippen LogP contribution in [0, 0.1) is 17.2 Å². The Kier molecular flexibility index (Phi) is 8.63. The van der Waals surface area contributed by atoms with Crippen LogP contribution >= 0.6 is 11.8 Å². The minimum Gasteiger partial charge on any atom is -0.468 e. The summed E-state index contributed by atoms with van der Waals surface area (Å²) >= 11 is 1.01. The van der Waals surface area contributed by atoms with Crippen LogP contribution in [-0.4, -0.2) is 50.3 Å². The van der Waals surface area contributed by atoms with Gasteiger partial charge in [-0.3, -0.25) is 14.4 Å². The molecule has 10 heteroatoms. The number of thioether (sulfide) groups is 1. The highest BCUT2D eigenvalue weighted by molar-refractivity contribution is 8.03. The van der Waals surface area contributed by atoms with Crippen LogP contribution in [0.2, 0.25) is 0 Å². The predicted octanol–water partition coefficient (Wildman–Crippen LogP) is 1.47. The lowest BCUT2D eigenvalue weighted by Crippen LogP contribution is -2.44. The molecule has 2 amide bonds. The van der Waals surface area contributed by atoms with Crippen molar-refractivity contribution in [2.75, 3.05) is 26.5 Å². The Morgan fingerprint density at radius 3 is 2.42 bits per heavy atom. The van der Waals surface area contributed by atoms with Gasteiger partial charge in [-0.05, 0) is 24.1 Å². The summed E-state index contributed by atoms with van der Waals surface area (Å²) < 4.78 is 9.46. The van der Waals surface area contributed by atoms with E-state index in [9.17, 15) is 24.4 Å². The summed E-state index contributed by atoms with van der Waals surface area (Å²) in [5.74, 6) is -4.43. The largest absolute Gasteiger partial charge is 0.468 e. The van der Waals surface area contributed by atoms with Gasteiger partial charge in [0.25, 0.3) is 0 Å². The number of esters is 2. The number of rotatable bonds is 8. The highest BCUT2D eigenvalue weighted by Crippen LogP contribution is 2.40. The van der Waals surface area contributed by atoms with Crippen LogP contribution in [0.15, 0.2) is 34.9 Å². The number of nitriles is 1. The number of nitrogens with one attached hydrogen (secondary N) is 2. The van der Waals surface area contributed by atoms with Crippen LogP contribution in [0.1, 0.15) is 35.2 Å². The fourth-order valence-corrected chi connectivity index (χ4v) is 3.96. The SMILES string of the molecule is CCCNC(=O)CSC1=C(C#N)[C@H](c2ccc(C(=O)OC)cc2)[C@H](C(=O)OC)C(=O)N1. The number of ether oxygens (including phenoxy) is 2. The standard InChI is InChI=1S/C21H23N3O6S/c1-4-9-23-15(25)11-31-19-14(10-22)16(17(18(26)24-19)21(28)30-3)12-5-7-13(8-6-12)20(27)29-2/h5-8,16-17H,4,9,11H2,1-3H3,(H,23,25)(H,24,26)/t16-,17-/m0/s1. The minimum atomic E-state index is -1.29. The van der Waals surface area contributed by atoms with Crippen LogP contribution in [-0.2, 0) is 23.9 Å². The van der Waals surface area contributed by atoms with Crippen LogP contribution in [0.4, 0.5) is 0 Å². The Morgan fingerprint density at radius 1 is 1.19 bits per heavy atom. The lowest BCUT2D eigenvalue weighted by atomic mass is 9.78. The second kappa shape index (κ2) is 11.2. The second-order valence-corrected chi connectivity index (χ2v) is 7.56. The van der Waals surface area contributed by atoms with Crippen molar-refractivity contribution >= 4 is 35.5 Å². The van der Waals surface area contributed by atoms with E-state index < -0.39 is 29.7 Å². The quantitative estimate of drug-likeness (QED) is 0.454. The van der Waals surface area contributed by atoms with Crippen LogP contribution in [0.5, 0.6) is 0 Å². The zero-order valence-corrected chi connectivity index (χ0v) is 18.2. The fourth-order valence-electron chi connectivity index (χ4n) is 3.08.